The number of nitrogens with one attached hydrogen (secondary N) is 1. The molecule has 2 saturated heterocycles. The molecule has 8 nitrogen and oxygen atoms in total. The molecule has 2 fully saturated rings. The lowest BCUT2D eigenvalue weighted by molar-refractivity contribution is 0.0927. The predicted molar refractivity (Wildman–Crippen MR) is 87.6 cm³/mol. The fourth-order valence-corrected chi connectivity index (χ4v) is 3.22. The van der Waals surface area contributed by atoms with Crippen LogP contribution in [0.3, 0.4) is 0 Å². The first-order valence-electron chi connectivity index (χ1n) is 8.82. The number of nitrogens with zero attached hydrogens (tertiary/aromatic N) is 4. The molecular weight excluding hydrogens is 310 g/mol. The average molecular weight is 337 g/mol. The van der Waals surface area contributed by atoms with E-state index in [0.717, 1.165) is 38.4 Å². The number of urea groups is 1. The van der Waals surface area contributed by atoms with Crippen molar-refractivity contribution in [1.82, 2.24) is 25.3 Å². The summed E-state index contributed by atoms with van der Waals surface area (Å²) < 4.78 is 10.8. The summed E-state index contributed by atoms with van der Waals surface area (Å²) in [5.74, 6) is 1.39. The highest BCUT2D eigenvalue weighted by Gasteiger charge is 2.30. The molecule has 24 heavy (non-hydrogen) atoms. The van der Waals surface area contributed by atoms with Gasteiger partial charge in [0.2, 0.25) is 5.89 Å². The van der Waals surface area contributed by atoms with Crippen molar-refractivity contribution < 1.29 is 14.1 Å². The van der Waals surface area contributed by atoms with Crippen molar-refractivity contribution in [1.29, 1.82) is 0 Å². The van der Waals surface area contributed by atoms with Gasteiger partial charge in [-0.25, -0.2) is 4.79 Å². The van der Waals surface area contributed by atoms with Crippen LogP contribution in [-0.2, 0) is 11.2 Å². The standard InChI is InChI=1S/C16H27N5O3/c1-4-14-18-15(24-19-14)11(2)20-6-8-21(9-7-20)16(22)17-13-5-10-23-12(13)3/h11-13H,4-10H2,1-3H3,(H,17,22)/t11?,12-,13-/m1/s1. The van der Waals surface area contributed by atoms with Crippen LogP contribution in [0.1, 0.15) is 44.9 Å². The Kier molecular flexibility index (Phi) is 5.35. The zero-order valence-corrected chi connectivity index (χ0v) is 14.7. The monoisotopic (exact) mass is 337 g/mol. The minimum atomic E-state index is 0.00992. The Bertz CT molecular complexity index is 556. The number of carbonyl (C=O) groups excluding carboxylic acids is 1. The van der Waals surface area contributed by atoms with Gasteiger partial charge in [0, 0.05) is 39.2 Å². The highest BCUT2D eigenvalue weighted by atomic mass is 16.5. The molecule has 3 atom stereocenters. The topological polar surface area (TPSA) is 83.7 Å². The molecule has 134 valence electrons. The van der Waals surface area contributed by atoms with Crippen LogP contribution in [0.2, 0.25) is 0 Å². The van der Waals surface area contributed by atoms with Gasteiger partial charge in [-0.1, -0.05) is 12.1 Å². The van der Waals surface area contributed by atoms with Crippen molar-refractivity contribution in [2.24, 2.45) is 0 Å². The SMILES string of the molecule is CCc1noc(C(C)N2CCN(C(=O)N[C@@H]3CCO[C@@H]3C)CC2)n1. The maximum absolute atomic E-state index is 12.4. The molecule has 1 N–H and O–H groups in total. The number of hydrogen-bond donors (Lipinski definition) is 1. The van der Waals surface area contributed by atoms with Crippen molar-refractivity contribution >= 4 is 6.03 Å². The fraction of sp³-hybridized carbons (Fsp3) is 0.812. The summed E-state index contributed by atoms with van der Waals surface area (Å²) in [4.78, 5) is 20.9. The summed E-state index contributed by atoms with van der Waals surface area (Å²) in [5, 5.41) is 7.05. The third-order valence-electron chi connectivity index (χ3n) is 4.99. The van der Waals surface area contributed by atoms with E-state index in [4.69, 9.17) is 9.26 Å². The van der Waals surface area contributed by atoms with Gasteiger partial charge >= 0.3 is 6.03 Å². The zero-order chi connectivity index (χ0) is 17.1. The second kappa shape index (κ2) is 7.48. The Balaban J connectivity index is 1.49. The molecule has 0 saturated carbocycles. The minimum Gasteiger partial charge on any atom is -0.376 e. The number of ether oxygens (including phenoxy) is 1. The average Bonchev–Trinajstić information content (AvgIpc) is 3.24. The molecular formula is C16H27N5O3. The highest BCUT2D eigenvalue weighted by molar-refractivity contribution is 5.74. The van der Waals surface area contributed by atoms with E-state index < -0.39 is 0 Å². The maximum atomic E-state index is 12.4. The second-order valence-electron chi connectivity index (χ2n) is 6.52. The summed E-state index contributed by atoms with van der Waals surface area (Å²) in [5.41, 5.74) is 0. The third-order valence-corrected chi connectivity index (χ3v) is 4.99. The van der Waals surface area contributed by atoms with Gasteiger partial charge in [-0.2, -0.15) is 4.98 Å². The van der Waals surface area contributed by atoms with Crippen LogP contribution in [-0.4, -0.2) is 70.9 Å². The lowest BCUT2D eigenvalue weighted by Gasteiger charge is -2.37. The van der Waals surface area contributed by atoms with E-state index in [-0.39, 0.29) is 24.2 Å². The van der Waals surface area contributed by atoms with Crippen LogP contribution in [0, 0.1) is 0 Å². The summed E-state index contributed by atoms with van der Waals surface area (Å²) in [6.45, 7) is 9.81. The molecule has 0 radical (unpaired) electrons. The summed E-state index contributed by atoms with van der Waals surface area (Å²) >= 11 is 0. The Morgan fingerprint density at radius 3 is 2.71 bits per heavy atom. The Morgan fingerprint density at radius 1 is 1.38 bits per heavy atom. The van der Waals surface area contributed by atoms with Crippen LogP contribution in [0.15, 0.2) is 4.52 Å². The normalized spacial score (nSPS) is 26.5. The molecule has 2 aliphatic rings. The highest BCUT2D eigenvalue weighted by Crippen LogP contribution is 2.20. The van der Waals surface area contributed by atoms with Crippen molar-refractivity contribution in [3.63, 3.8) is 0 Å². The quantitative estimate of drug-likeness (QED) is 0.889. The van der Waals surface area contributed by atoms with E-state index >= 15 is 0 Å². The smallest absolute Gasteiger partial charge is 0.317 e. The van der Waals surface area contributed by atoms with Crippen LogP contribution >= 0.6 is 0 Å². The van der Waals surface area contributed by atoms with Gasteiger partial charge in [0.05, 0.1) is 18.2 Å². The number of rotatable bonds is 4. The van der Waals surface area contributed by atoms with E-state index in [2.05, 4.69) is 27.3 Å². The molecule has 3 heterocycles. The summed E-state index contributed by atoms with van der Waals surface area (Å²) in [7, 11) is 0. The van der Waals surface area contributed by atoms with Crippen LogP contribution < -0.4 is 5.32 Å². The van der Waals surface area contributed by atoms with Crippen LogP contribution in [0.5, 0.6) is 0 Å². The van der Waals surface area contributed by atoms with E-state index in [1.165, 1.54) is 0 Å². The molecule has 0 aromatic carbocycles. The summed E-state index contributed by atoms with van der Waals surface area (Å²) in [6, 6.07) is 0.210. The predicted octanol–water partition coefficient (Wildman–Crippen LogP) is 1.20. The number of amides is 2. The third kappa shape index (κ3) is 3.70. The first kappa shape index (κ1) is 17.2. The minimum absolute atomic E-state index is 0.00992. The van der Waals surface area contributed by atoms with Crippen molar-refractivity contribution in [3.05, 3.63) is 11.7 Å². The number of aryl methyl sites for hydroxylation is 1. The molecule has 2 amide bonds. The van der Waals surface area contributed by atoms with Crippen molar-refractivity contribution in [2.75, 3.05) is 32.8 Å². The molecule has 1 aromatic heterocycles. The molecule has 2 aliphatic heterocycles. The van der Waals surface area contributed by atoms with Gasteiger partial charge in [0.25, 0.3) is 0 Å². The maximum Gasteiger partial charge on any atom is 0.317 e. The number of hydrogen-bond acceptors (Lipinski definition) is 6. The molecule has 3 rings (SSSR count). The number of aromatic nitrogens is 2. The van der Waals surface area contributed by atoms with Gasteiger partial charge in [-0.3, -0.25) is 4.90 Å². The largest absolute Gasteiger partial charge is 0.376 e. The van der Waals surface area contributed by atoms with Gasteiger partial charge < -0.3 is 19.5 Å². The van der Waals surface area contributed by atoms with E-state index in [9.17, 15) is 4.79 Å². The zero-order valence-electron chi connectivity index (χ0n) is 14.7. The van der Waals surface area contributed by atoms with Gasteiger partial charge in [-0.15, -0.1) is 0 Å². The molecule has 1 aromatic rings. The molecule has 8 heteroatoms. The molecule has 1 unspecified atom stereocenters. The van der Waals surface area contributed by atoms with Crippen LogP contribution in [0.25, 0.3) is 0 Å². The van der Waals surface area contributed by atoms with E-state index in [1.807, 2.05) is 18.7 Å². The van der Waals surface area contributed by atoms with E-state index in [0.29, 0.717) is 19.0 Å². The number of piperazine rings is 1. The summed E-state index contributed by atoms with van der Waals surface area (Å²) in [6.07, 6.45) is 1.76. The molecule has 0 bridgehead atoms. The lowest BCUT2D eigenvalue weighted by Crippen LogP contribution is -2.54. The first-order chi connectivity index (χ1) is 11.6. The fourth-order valence-electron chi connectivity index (χ4n) is 3.22. The van der Waals surface area contributed by atoms with Crippen molar-refractivity contribution in [3.8, 4) is 0 Å². The van der Waals surface area contributed by atoms with Crippen LogP contribution in [0.4, 0.5) is 4.79 Å². The lowest BCUT2D eigenvalue weighted by atomic mass is 10.1. The van der Waals surface area contributed by atoms with E-state index in [1.54, 1.807) is 0 Å². The molecule has 0 aliphatic carbocycles. The van der Waals surface area contributed by atoms with Gasteiger partial charge in [0.15, 0.2) is 5.82 Å². The van der Waals surface area contributed by atoms with Gasteiger partial charge in [-0.05, 0) is 20.3 Å². The molecule has 0 spiro atoms. The number of carbonyl (C=O) groups is 1. The second-order valence-corrected chi connectivity index (χ2v) is 6.52. The Morgan fingerprint density at radius 2 is 2.12 bits per heavy atom. The Labute approximate surface area is 142 Å². The Hall–Kier alpha value is -1.67. The first-order valence-corrected chi connectivity index (χ1v) is 8.82. The van der Waals surface area contributed by atoms with Gasteiger partial charge in [0.1, 0.15) is 0 Å². The van der Waals surface area contributed by atoms with Crippen molar-refractivity contribution in [2.45, 2.75) is 51.8 Å².